The standard InChI is InChI=1S/C16H22N2O/c1-11-9-13(16(3,4)5)10-12(2)15(11)18-14(19)7-6-8-17/h9-10H,6-7H2,1-5H3,(H,18,19). The quantitative estimate of drug-likeness (QED) is 0.895. The van der Waals surface area contributed by atoms with E-state index in [1.54, 1.807) is 0 Å². The van der Waals surface area contributed by atoms with Crippen LogP contribution in [0.25, 0.3) is 0 Å². The summed E-state index contributed by atoms with van der Waals surface area (Å²) in [7, 11) is 0. The molecule has 0 radical (unpaired) electrons. The minimum Gasteiger partial charge on any atom is -0.326 e. The molecule has 0 bridgehead atoms. The van der Waals surface area contributed by atoms with E-state index >= 15 is 0 Å². The van der Waals surface area contributed by atoms with Gasteiger partial charge in [0.1, 0.15) is 0 Å². The van der Waals surface area contributed by atoms with Gasteiger partial charge in [-0.05, 0) is 36.0 Å². The van der Waals surface area contributed by atoms with Crippen molar-refractivity contribution in [3.63, 3.8) is 0 Å². The second-order valence-electron chi connectivity index (χ2n) is 5.94. The van der Waals surface area contributed by atoms with Crippen LogP contribution in [0.3, 0.4) is 0 Å². The fourth-order valence-electron chi connectivity index (χ4n) is 1.97. The topological polar surface area (TPSA) is 52.9 Å². The Hall–Kier alpha value is -1.82. The zero-order valence-corrected chi connectivity index (χ0v) is 12.4. The molecular formula is C16H22N2O. The molecule has 1 aromatic carbocycles. The van der Waals surface area contributed by atoms with Gasteiger partial charge in [-0.25, -0.2) is 0 Å². The average Bonchev–Trinajstić information content (AvgIpc) is 2.29. The maximum atomic E-state index is 11.7. The van der Waals surface area contributed by atoms with Gasteiger partial charge < -0.3 is 5.32 Å². The molecule has 0 fully saturated rings. The van der Waals surface area contributed by atoms with Crippen molar-refractivity contribution in [1.29, 1.82) is 5.26 Å². The van der Waals surface area contributed by atoms with Crippen molar-refractivity contribution in [3.8, 4) is 6.07 Å². The summed E-state index contributed by atoms with van der Waals surface area (Å²) in [5.41, 5.74) is 4.36. The molecule has 1 amide bonds. The van der Waals surface area contributed by atoms with Crippen molar-refractivity contribution in [2.75, 3.05) is 5.32 Å². The van der Waals surface area contributed by atoms with E-state index < -0.39 is 0 Å². The predicted molar refractivity (Wildman–Crippen MR) is 78.1 cm³/mol. The van der Waals surface area contributed by atoms with Gasteiger partial charge >= 0.3 is 0 Å². The summed E-state index contributed by atoms with van der Waals surface area (Å²) in [6, 6.07) is 6.22. The Labute approximate surface area is 115 Å². The van der Waals surface area contributed by atoms with Crippen LogP contribution in [0.1, 0.15) is 50.3 Å². The molecule has 0 atom stereocenters. The van der Waals surface area contributed by atoms with Gasteiger partial charge in [0.15, 0.2) is 0 Å². The van der Waals surface area contributed by atoms with Crippen molar-refractivity contribution < 1.29 is 4.79 Å². The molecule has 0 unspecified atom stereocenters. The Morgan fingerprint density at radius 3 is 2.21 bits per heavy atom. The lowest BCUT2D eigenvalue weighted by atomic mass is 9.85. The van der Waals surface area contributed by atoms with E-state index in [1.807, 2.05) is 19.9 Å². The van der Waals surface area contributed by atoms with Gasteiger partial charge in [-0.3, -0.25) is 4.79 Å². The number of nitrogens with one attached hydrogen (secondary N) is 1. The fraction of sp³-hybridized carbons (Fsp3) is 0.500. The largest absolute Gasteiger partial charge is 0.326 e. The predicted octanol–water partition coefficient (Wildman–Crippen LogP) is 3.84. The number of hydrogen-bond acceptors (Lipinski definition) is 2. The lowest BCUT2D eigenvalue weighted by Crippen LogP contribution is -2.16. The number of carbonyl (C=O) groups is 1. The number of nitriles is 1. The van der Waals surface area contributed by atoms with E-state index in [4.69, 9.17) is 5.26 Å². The molecule has 0 aliphatic heterocycles. The second kappa shape index (κ2) is 5.88. The van der Waals surface area contributed by atoms with Gasteiger partial charge in [0.25, 0.3) is 0 Å². The third-order valence-electron chi connectivity index (χ3n) is 3.13. The second-order valence-corrected chi connectivity index (χ2v) is 5.94. The summed E-state index contributed by atoms with van der Waals surface area (Å²) in [5, 5.41) is 11.4. The van der Waals surface area contributed by atoms with Crippen molar-refractivity contribution >= 4 is 11.6 Å². The van der Waals surface area contributed by atoms with Crippen LogP contribution in [0.4, 0.5) is 5.69 Å². The maximum Gasteiger partial charge on any atom is 0.225 e. The first-order chi connectivity index (χ1) is 8.75. The molecule has 102 valence electrons. The molecule has 1 rings (SSSR count). The molecule has 0 spiro atoms. The van der Waals surface area contributed by atoms with E-state index in [0.717, 1.165) is 16.8 Å². The molecule has 19 heavy (non-hydrogen) atoms. The number of aryl methyl sites for hydroxylation is 2. The molecule has 0 aromatic heterocycles. The van der Waals surface area contributed by atoms with Gasteiger partial charge in [0.2, 0.25) is 5.91 Å². The van der Waals surface area contributed by atoms with Crippen LogP contribution in [0.15, 0.2) is 12.1 Å². The highest BCUT2D eigenvalue weighted by molar-refractivity contribution is 5.92. The van der Waals surface area contributed by atoms with Gasteiger partial charge in [-0.15, -0.1) is 0 Å². The smallest absolute Gasteiger partial charge is 0.225 e. The van der Waals surface area contributed by atoms with Gasteiger partial charge in [-0.2, -0.15) is 5.26 Å². The number of amides is 1. The van der Waals surface area contributed by atoms with Gasteiger partial charge in [-0.1, -0.05) is 32.9 Å². The highest BCUT2D eigenvalue weighted by Gasteiger charge is 2.17. The molecular weight excluding hydrogens is 236 g/mol. The first kappa shape index (κ1) is 15.2. The first-order valence-electron chi connectivity index (χ1n) is 6.54. The average molecular weight is 258 g/mol. The number of anilines is 1. The lowest BCUT2D eigenvalue weighted by Gasteiger charge is -2.22. The van der Waals surface area contributed by atoms with Gasteiger partial charge in [0.05, 0.1) is 6.07 Å². The van der Waals surface area contributed by atoms with Crippen molar-refractivity contribution in [2.24, 2.45) is 0 Å². The monoisotopic (exact) mass is 258 g/mol. The van der Waals surface area contributed by atoms with Crippen LogP contribution in [0, 0.1) is 25.2 Å². The SMILES string of the molecule is Cc1cc(C(C)(C)C)cc(C)c1NC(=O)CCC#N. The zero-order valence-electron chi connectivity index (χ0n) is 12.4. The van der Waals surface area contributed by atoms with Crippen LogP contribution in [0.5, 0.6) is 0 Å². The maximum absolute atomic E-state index is 11.7. The molecule has 3 heteroatoms. The molecule has 0 aliphatic carbocycles. The number of nitrogens with zero attached hydrogens (tertiary/aromatic N) is 1. The van der Waals surface area contributed by atoms with Crippen LogP contribution >= 0.6 is 0 Å². The Bertz CT molecular complexity index is 496. The van der Waals surface area contributed by atoms with Crippen LogP contribution in [-0.2, 0) is 10.2 Å². The number of carbonyl (C=O) groups excluding carboxylic acids is 1. The molecule has 3 nitrogen and oxygen atoms in total. The lowest BCUT2D eigenvalue weighted by molar-refractivity contribution is -0.116. The van der Waals surface area contributed by atoms with Gasteiger partial charge in [0, 0.05) is 18.5 Å². The third-order valence-corrected chi connectivity index (χ3v) is 3.13. The molecule has 0 heterocycles. The van der Waals surface area contributed by atoms with Crippen molar-refractivity contribution in [2.45, 2.75) is 52.9 Å². The normalized spacial score (nSPS) is 10.9. The Balaban J connectivity index is 2.99. The first-order valence-corrected chi connectivity index (χ1v) is 6.54. The van der Waals surface area contributed by atoms with E-state index in [2.05, 4.69) is 38.2 Å². The Morgan fingerprint density at radius 2 is 1.79 bits per heavy atom. The summed E-state index contributed by atoms with van der Waals surface area (Å²) < 4.78 is 0. The number of rotatable bonds is 3. The summed E-state index contributed by atoms with van der Waals surface area (Å²) in [4.78, 5) is 11.7. The van der Waals surface area contributed by atoms with E-state index in [0.29, 0.717) is 0 Å². The zero-order chi connectivity index (χ0) is 14.6. The summed E-state index contributed by atoms with van der Waals surface area (Å²) >= 11 is 0. The molecule has 0 saturated heterocycles. The minimum absolute atomic E-state index is 0.0961. The van der Waals surface area contributed by atoms with Crippen LogP contribution in [-0.4, -0.2) is 5.91 Å². The van der Waals surface area contributed by atoms with Crippen molar-refractivity contribution in [3.05, 3.63) is 28.8 Å². The number of benzene rings is 1. The Kier molecular flexibility index (Phi) is 4.72. The van der Waals surface area contributed by atoms with E-state index in [-0.39, 0.29) is 24.2 Å². The minimum atomic E-state index is -0.101. The fourth-order valence-corrected chi connectivity index (χ4v) is 1.97. The molecule has 0 aliphatic rings. The summed E-state index contributed by atoms with van der Waals surface area (Å²) in [5.74, 6) is -0.101. The third kappa shape index (κ3) is 4.10. The highest BCUT2D eigenvalue weighted by Crippen LogP contribution is 2.29. The van der Waals surface area contributed by atoms with Crippen molar-refractivity contribution in [1.82, 2.24) is 0 Å². The van der Waals surface area contributed by atoms with E-state index in [9.17, 15) is 4.79 Å². The molecule has 0 saturated carbocycles. The number of hydrogen-bond donors (Lipinski definition) is 1. The van der Waals surface area contributed by atoms with E-state index in [1.165, 1.54) is 5.56 Å². The highest BCUT2D eigenvalue weighted by atomic mass is 16.1. The molecule has 1 aromatic rings. The summed E-state index contributed by atoms with van der Waals surface area (Å²) in [6.45, 7) is 10.5. The summed E-state index contributed by atoms with van der Waals surface area (Å²) in [6.07, 6.45) is 0.500. The van der Waals surface area contributed by atoms with Crippen LogP contribution < -0.4 is 5.32 Å². The van der Waals surface area contributed by atoms with Crippen LogP contribution in [0.2, 0.25) is 0 Å². The Morgan fingerprint density at radius 1 is 1.26 bits per heavy atom. The molecule has 1 N–H and O–H groups in total.